The van der Waals surface area contributed by atoms with E-state index in [0.717, 1.165) is 11.1 Å². The van der Waals surface area contributed by atoms with Gasteiger partial charge in [0, 0.05) is 6.42 Å². The van der Waals surface area contributed by atoms with Crippen molar-refractivity contribution in [3.8, 4) is 0 Å². The lowest BCUT2D eigenvalue weighted by Crippen LogP contribution is -2.59. The second-order valence-corrected chi connectivity index (χ2v) is 10.6. The molecule has 2 aromatic carbocycles. The number of rotatable bonds is 16. The number of nitrogens with two attached hydrogens (primary N) is 1. The van der Waals surface area contributed by atoms with Crippen molar-refractivity contribution in [3.63, 3.8) is 0 Å². The van der Waals surface area contributed by atoms with Crippen LogP contribution in [0, 0.1) is 5.92 Å². The van der Waals surface area contributed by atoms with Crippen LogP contribution < -0.4 is 21.7 Å². The number of aliphatic carboxylic acids is 1. The van der Waals surface area contributed by atoms with Crippen LogP contribution in [0.25, 0.3) is 0 Å². The standard InChI is InChI=1S/C29H40N4O5S/c1-4-19(2)25(33-26(34)22(30)17-20-11-7-5-8-12-20)28(36)31-23(15-16-39-3)27(35)32-24(29(37)38)18-21-13-9-6-10-14-21/h5-14,19,22-25H,4,15-18,30H2,1-3H3,(H,31,36)(H,32,35)(H,33,34)(H,37,38). The van der Waals surface area contributed by atoms with Gasteiger partial charge in [-0.1, -0.05) is 80.9 Å². The first-order valence-corrected chi connectivity index (χ1v) is 14.5. The zero-order valence-electron chi connectivity index (χ0n) is 22.8. The molecule has 0 aliphatic carbocycles. The Morgan fingerprint density at radius 2 is 1.36 bits per heavy atom. The highest BCUT2D eigenvalue weighted by molar-refractivity contribution is 7.98. The predicted octanol–water partition coefficient (Wildman–Crippen LogP) is 2.14. The third kappa shape index (κ3) is 10.7. The molecule has 39 heavy (non-hydrogen) atoms. The lowest BCUT2D eigenvalue weighted by Gasteiger charge is -2.28. The van der Waals surface area contributed by atoms with Crippen molar-refractivity contribution < 1.29 is 24.3 Å². The van der Waals surface area contributed by atoms with Gasteiger partial charge in [0.1, 0.15) is 18.1 Å². The largest absolute Gasteiger partial charge is 0.480 e. The first-order valence-electron chi connectivity index (χ1n) is 13.1. The van der Waals surface area contributed by atoms with Gasteiger partial charge < -0.3 is 26.8 Å². The highest BCUT2D eigenvalue weighted by Crippen LogP contribution is 2.12. The number of thioether (sulfide) groups is 1. The molecule has 5 atom stereocenters. The Kier molecular flexibility index (Phi) is 13.5. The number of amides is 3. The first-order chi connectivity index (χ1) is 18.7. The Morgan fingerprint density at radius 3 is 1.87 bits per heavy atom. The predicted molar refractivity (Wildman–Crippen MR) is 154 cm³/mol. The van der Waals surface area contributed by atoms with Crippen molar-refractivity contribution in [2.45, 2.75) is 63.7 Å². The van der Waals surface area contributed by atoms with Crippen LogP contribution in [0.1, 0.15) is 37.8 Å². The summed E-state index contributed by atoms with van der Waals surface area (Å²) in [5, 5.41) is 17.8. The van der Waals surface area contributed by atoms with Gasteiger partial charge in [0.05, 0.1) is 6.04 Å². The van der Waals surface area contributed by atoms with Crippen LogP contribution in [-0.2, 0) is 32.0 Å². The molecule has 212 valence electrons. The summed E-state index contributed by atoms with van der Waals surface area (Å²) in [6.45, 7) is 3.74. The van der Waals surface area contributed by atoms with Gasteiger partial charge in [-0.15, -0.1) is 0 Å². The summed E-state index contributed by atoms with van der Waals surface area (Å²) < 4.78 is 0. The highest BCUT2D eigenvalue weighted by Gasteiger charge is 2.32. The fraction of sp³-hybridized carbons (Fsp3) is 0.448. The number of carbonyl (C=O) groups excluding carboxylic acids is 3. The third-order valence-corrected chi connectivity index (χ3v) is 7.21. The van der Waals surface area contributed by atoms with E-state index >= 15 is 0 Å². The second kappa shape index (κ2) is 16.6. The summed E-state index contributed by atoms with van der Waals surface area (Å²) in [6, 6.07) is 14.5. The third-order valence-electron chi connectivity index (χ3n) is 6.57. The number of nitrogens with one attached hydrogen (secondary N) is 3. The molecule has 6 N–H and O–H groups in total. The Labute approximate surface area is 234 Å². The minimum Gasteiger partial charge on any atom is -0.480 e. The topological polar surface area (TPSA) is 151 Å². The van der Waals surface area contributed by atoms with Gasteiger partial charge >= 0.3 is 5.97 Å². The summed E-state index contributed by atoms with van der Waals surface area (Å²) in [4.78, 5) is 51.3. The number of hydrogen-bond acceptors (Lipinski definition) is 6. The average Bonchev–Trinajstić information content (AvgIpc) is 2.93. The van der Waals surface area contributed by atoms with Crippen LogP contribution in [0.4, 0.5) is 0 Å². The monoisotopic (exact) mass is 556 g/mol. The van der Waals surface area contributed by atoms with Crippen molar-refractivity contribution in [1.29, 1.82) is 0 Å². The van der Waals surface area contributed by atoms with E-state index in [1.54, 1.807) is 24.3 Å². The molecule has 10 heteroatoms. The van der Waals surface area contributed by atoms with E-state index in [9.17, 15) is 24.3 Å². The minimum atomic E-state index is -1.17. The summed E-state index contributed by atoms with van der Waals surface area (Å²) in [6.07, 6.45) is 3.20. The summed E-state index contributed by atoms with van der Waals surface area (Å²) >= 11 is 1.50. The molecule has 5 unspecified atom stereocenters. The summed E-state index contributed by atoms with van der Waals surface area (Å²) in [5.41, 5.74) is 7.80. The molecule has 0 aliphatic rings. The summed E-state index contributed by atoms with van der Waals surface area (Å²) in [7, 11) is 0. The molecule has 0 bridgehead atoms. The number of hydrogen-bond donors (Lipinski definition) is 5. The van der Waals surface area contributed by atoms with E-state index in [0.29, 0.717) is 25.0 Å². The van der Waals surface area contributed by atoms with Gasteiger partial charge in [0.25, 0.3) is 0 Å². The van der Waals surface area contributed by atoms with Gasteiger partial charge in [-0.05, 0) is 41.9 Å². The molecule has 0 aliphatic heterocycles. The molecule has 0 spiro atoms. The molecule has 3 amide bonds. The van der Waals surface area contributed by atoms with E-state index in [1.165, 1.54) is 11.8 Å². The quantitative estimate of drug-likeness (QED) is 0.213. The van der Waals surface area contributed by atoms with Crippen LogP contribution in [0.2, 0.25) is 0 Å². The maximum absolute atomic E-state index is 13.4. The van der Waals surface area contributed by atoms with Gasteiger partial charge in [0.2, 0.25) is 17.7 Å². The van der Waals surface area contributed by atoms with Crippen molar-refractivity contribution >= 4 is 35.5 Å². The molecule has 2 rings (SSSR count). The average molecular weight is 557 g/mol. The zero-order chi connectivity index (χ0) is 28.8. The van der Waals surface area contributed by atoms with Crippen LogP contribution >= 0.6 is 11.8 Å². The Balaban J connectivity index is 2.12. The lowest BCUT2D eigenvalue weighted by molar-refractivity contribution is -0.142. The van der Waals surface area contributed by atoms with Crippen molar-refractivity contribution in [1.82, 2.24) is 16.0 Å². The Bertz CT molecular complexity index is 1070. The lowest BCUT2D eigenvalue weighted by atomic mass is 9.96. The summed E-state index contributed by atoms with van der Waals surface area (Å²) in [5.74, 6) is -2.39. The van der Waals surface area contributed by atoms with E-state index in [1.807, 2.05) is 56.5 Å². The fourth-order valence-electron chi connectivity index (χ4n) is 4.01. The SMILES string of the molecule is CCC(C)C(NC(=O)C(N)Cc1ccccc1)C(=O)NC(CCSC)C(=O)NC(Cc1ccccc1)C(=O)O. The van der Waals surface area contributed by atoms with E-state index in [-0.39, 0.29) is 12.3 Å². The molecule has 0 aromatic heterocycles. The molecule has 2 aromatic rings. The molecule has 0 radical (unpaired) electrons. The minimum absolute atomic E-state index is 0.107. The van der Waals surface area contributed by atoms with Crippen molar-refractivity contribution in [2.24, 2.45) is 11.7 Å². The smallest absolute Gasteiger partial charge is 0.326 e. The number of carbonyl (C=O) groups is 4. The normalized spacial score (nSPS) is 14.8. The van der Waals surface area contributed by atoms with E-state index in [2.05, 4.69) is 16.0 Å². The van der Waals surface area contributed by atoms with Gasteiger partial charge in [-0.2, -0.15) is 11.8 Å². The molecule has 9 nitrogen and oxygen atoms in total. The molecular weight excluding hydrogens is 516 g/mol. The molecule has 0 saturated heterocycles. The van der Waals surface area contributed by atoms with Crippen LogP contribution in [0.3, 0.4) is 0 Å². The van der Waals surface area contributed by atoms with Crippen LogP contribution in [-0.4, -0.2) is 65.0 Å². The zero-order valence-corrected chi connectivity index (χ0v) is 23.6. The Hall–Kier alpha value is -3.37. The molecular formula is C29H40N4O5S. The maximum Gasteiger partial charge on any atom is 0.326 e. The van der Waals surface area contributed by atoms with Crippen LogP contribution in [0.5, 0.6) is 0 Å². The highest BCUT2D eigenvalue weighted by atomic mass is 32.2. The maximum atomic E-state index is 13.4. The van der Waals surface area contributed by atoms with Crippen molar-refractivity contribution in [3.05, 3.63) is 71.8 Å². The Morgan fingerprint density at radius 1 is 0.821 bits per heavy atom. The van der Waals surface area contributed by atoms with Crippen LogP contribution in [0.15, 0.2) is 60.7 Å². The number of benzene rings is 2. The molecule has 0 saturated carbocycles. The van der Waals surface area contributed by atoms with Gasteiger partial charge in [-0.3, -0.25) is 14.4 Å². The van der Waals surface area contributed by atoms with E-state index in [4.69, 9.17) is 5.73 Å². The van der Waals surface area contributed by atoms with Gasteiger partial charge in [0.15, 0.2) is 0 Å². The van der Waals surface area contributed by atoms with Gasteiger partial charge in [-0.25, -0.2) is 4.79 Å². The van der Waals surface area contributed by atoms with Crippen molar-refractivity contribution in [2.75, 3.05) is 12.0 Å². The molecule has 0 heterocycles. The fourth-order valence-corrected chi connectivity index (χ4v) is 4.48. The second-order valence-electron chi connectivity index (χ2n) is 9.60. The number of carboxylic acids is 1. The number of carboxylic acid groups (broad SMARTS) is 1. The van der Waals surface area contributed by atoms with E-state index < -0.39 is 47.9 Å². The molecule has 0 fully saturated rings. The first kappa shape index (κ1) is 31.8.